The van der Waals surface area contributed by atoms with Crippen molar-refractivity contribution >= 4 is 17.8 Å². The number of carbonyl (C=O) groups is 2. The maximum atomic E-state index is 14.7. The number of aromatic nitrogens is 4. The highest BCUT2D eigenvalue weighted by Gasteiger charge is 2.25. The van der Waals surface area contributed by atoms with E-state index in [-0.39, 0.29) is 30.6 Å². The number of nitrogens with one attached hydrogen (secondary N) is 1. The highest BCUT2D eigenvalue weighted by Crippen LogP contribution is 2.25. The van der Waals surface area contributed by atoms with Crippen molar-refractivity contribution in [3.8, 4) is 11.5 Å². The molecule has 0 spiro atoms. The Kier molecular flexibility index (Phi) is 6.34. The molecule has 0 aliphatic carbocycles. The molecule has 0 fully saturated rings. The van der Waals surface area contributed by atoms with Crippen molar-refractivity contribution in [1.82, 2.24) is 24.6 Å². The van der Waals surface area contributed by atoms with Gasteiger partial charge in [0, 0.05) is 19.1 Å². The van der Waals surface area contributed by atoms with Gasteiger partial charge in [-0.2, -0.15) is 0 Å². The summed E-state index contributed by atoms with van der Waals surface area (Å²) in [5.41, 5.74) is 1.91. The van der Waals surface area contributed by atoms with Crippen molar-refractivity contribution in [3.63, 3.8) is 0 Å². The van der Waals surface area contributed by atoms with E-state index in [1.807, 2.05) is 18.4 Å². The molecule has 0 saturated heterocycles. The molecule has 1 aliphatic heterocycles. The minimum absolute atomic E-state index is 0.114. The number of benzene rings is 1. The molecule has 172 valence electrons. The Hall–Kier alpha value is -3.82. The van der Waals surface area contributed by atoms with Crippen molar-refractivity contribution in [3.05, 3.63) is 59.2 Å². The van der Waals surface area contributed by atoms with Gasteiger partial charge in [-0.15, -0.1) is 10.2 Å². The molecule has 33 heavy (non-hydrogen) atoms. The fourth-order valence-corrected chi connectivity index (χ4v) is 3.74. The molecule has 0 saturated carbocycles. The number of rotatable bonds is 5. The molecular formula is C23H25FN6O3. The Morgan fingerprint density at radius 1 is 1.24 bits per heavy atom. The molecule has 2 aromatic heterocycles. The van der Waals surface area contributed by atoms with E-state index in [1.165, 1.54) is 12.1 Å². The van der Waals surface area contributed by atoms with E-state index in [0.29, 0.717) is 30.0 Å². The lowest BCUT2D eigenvalue weighted by Crippen LogP contribution is -2.36. The molecule has 9 nitrogen and oxygen atoms in total. The topological polar surface area (TPSA) is 102 Å². The van der Waals surface area contributed by atoms with Crippen LogP contribution in [0, 0.1) is 5.82 Å². The fraction of sp³-hybridized carbons (Fsp3) is 0.348. The zero-order valence-corrected chi connectivity index (χ0v) is 18.7. The minimum Gasteiger partial charge on any atom is -0.450 e. The van der Waals surface area contributed by atoms with Crippen LogP contribution in [0.4, 0.5) is 15.0 Å². The Bertz CT molecular complexity index is 1190. The molecule has 1 aromatic carbocycles. The Balaban J connectivity index is 1.55. The number of nitrogens with zero attached hydrogens (tertiary/aromatic N) is 5. The Morgan fingerprint density at radius 2 is 2.06 bits per heavy atom. The van der Waals surface area contributed by atoms with Crippen molar-refractivity contribution < 1.29 is 18.7 Å². The lowest BCUT2D eigenvalue weighted by atomic mass is 9.97. The van der Waals surface area contributed by atoms with Crippen LogP contribution >= 0.6 is 0 Å². The zero-order valence-electron chi connectivity index (χ0n) is 18.7. The number of fused-ring (bicyclic) bond motifs is 1. The lowest BCUT2D eigenvalue weighted by molar-refractivity contribution is 0.102. The summed E-state index contributed by atoms with van der Waals surface area (Å²) in [6.07, 6.45) is 1.69. The highest BCUT2D eigenvalue weighted by molar-refractivity contribution is 6.04. The number of halogens is 1. The van der Waals surface area contributed by atoms with Crippen molar-refractivity contribution in [2.45, 2.75) is 39.8 Å². The SMILES string of the molecule is CCOC(=O)N1CCc2cc(F)c(C(=O)Nc3cccc(-c4nncn4C(C)C)n3)cc2C1. The lowest BCUT2D eigenvalue weighted by Gasteiger charge is -2.28. The summed E-state index contributed by atoms with van der Waals surface area (Å²) < 4.78 is 21.7. The predicted molar refractivity (Wildman–Crippen MR) is 119 cm³/mol. The molecule has 1 N–H and O–H groups in total. The van der Waals surface area contributed by atoms with Crippen LogP contribution in [0.15, 0.2) is 36.7 Å². The first-order chi connectivity index (χ1) is 15.9. The predicted octanol–water partition coefficient (Wildman–Crippen LogP) is 3.83. The van der Waals surface area contributed by atoms with Gasteiger partial charge < -0.3 is 19.5 Å². The third-order valence-electron chi connectivity index (χ3n) is 5.42. The summed E-state index contributed by atoms with van der Waals surface area (Å²) in [5.74, 6) is -0.411. The van der Waals surface area contributed by atoms with Crippen LogP contribution in [-0.4, -0.2) is 49.8 Å². The molecule has 10 heteroatoms. The maximum absolute atomic E-state index is 14.7. The average molecular weight is 452 g/mol. The normalized spacial score (nSPS) is 13.1. The van der Waals surface area contributed by atoms with Crippen LogP contribution in [0.5, 0.6) is 0 Å². The van der Waals surface area contributed by atoms with Gasteiger partial charge in [-0.3, -0.25) is 4.79 Å². The number of ether oxygens (including phenoxy) is 1. The number of amides is 2. The maximum Gasteiger partial charge on any atom is 0.410 e. The molecule has 0 atom stereocenters. The van der Waals surface area contributed by atoms with Crippen LogP contribution in [0.2, 0.25) is 0 Å². The van der Waals surface area contributed by atoms with Crippen LogP contribution in [0.3, 0.4) is 0 Å². The van der Waals surface area contributed by atoms with E-state index in [1.54, 1.807) is 36.4 Å². The van der Waals surface area contributed by atoms with Gasteiger partial charge in [0.25, 0.3) is 5.91 Å². The van der Waals surface area contributed by atoms with Crippen molar-refractivity contribution in [2.24, 2.45) is 0 Å². The Morgan fingerprint density at radius 3 is 2.82 bits per heavy atom. The monoisotopic (exact) mass is 452 g/mol. The van der Waals surface area contributed by atoms with Crippen LogP contribution < -0.4 is 5.32 Å². The molecular weight excluding hydrogens is 427 g/mol. The van der Waals surface area contributed by atoms with E-state index in [4.69, 9.17) is 4.74 Å². The molecule has 3 aromatic rings. The second kappa shape index (κ2) is 9.35. The van der Waals surface area contributed by atoms with Crippen LogP contribution in [0.1, 0.15) is 48.3 Å². The number of hydrogen-bond donors (Lipinski definition) is 1. The second-order valence-electron chi connectivity index (χ2n) is 7.99. The summed E-state index contributed by atoms with van der Waals surface area (Å²) in [6.45, 7) is 6.71. The first-order valence-corrected chi connectivity index (χ1v) is 10.8. The molecule has 0 radical (unpaired) electrons. The molecule has 2 amide bonds. The van der Waals surface area contributed by atoms with E-state index >= 15 is 0 Å². The van der Waals surface area contributed by atoms with Gasteiger partial charge in [0.2, 0.25) is 0 Å². The van der Waals surface area contributed by atoms with Gasteiger partial charge in [0.15, 0.2) is 5.82 Å². The Labute approximate surface area is 190 Å². The smallest absolute Gasteiger partial charge is 0.410 e. The third kappa shape index (κ3) is 4.69. The van der Waals surface area contributed by atoms with E-state index in [0.717, 1.165) is 5.56 Å². The van der Waals surface area contributed by atoms with Crippen molar-refractivity contribution in [1.29, 1.82) is 0 Å². The highest BCUT2D eigenvalue weighted by atomic mass is 19.1. The van der Waals surface area contributed by atoms with Gasteiger partial charge in [-0.25, -0.2) is 14.2 Å². The molecule has 0 unspecified atom stereocenters. The summed E-state index contributed by atoms with van der Waals surface area (Å²) in [6, 6.07) is 8.11. The first-order valence-electron chi connectivity index (χ1n) is 10.8. The third-order valence-corrected chi connectivity index (χ3v) is 5.42. The molecule has 4 rings (SSSR count). The van der Waals surface area contributed by atoms with E-state index < -0.39 is 17.8 Å². The van der Waals surface area contributed by atoms with Gasteiger partial charge in [0.05, 0.1) is 12.2 Å². The van der Waals surface area contributed by atoms with Crippen LogP contribution in [0.25, 0.3) is 11.5 Å². The van der Waals surface area contributed by atoms with Gasteiger partial charge in [-0.1, -0.05) is 6.07 Å². The van der Waals surface area contributed by atoms with Crippen molar-refractivity contribution in [2.75, 3.05) is 18.5 Å². The molecule has 0 bridgehead atoms. The fourth-order valence-electron chi connectivity index (χ4n) is 3.74. The van der Waals surface area contributed by atoms with Gasteiger partial charge in [0.1, 0.15) is 23.7 Å². The molecule has 1 aliphatic rings. The summed E-state index contributed by atoms with van der Waals surface area (Å²) in [7, 11) is 0. The number of carbonyl (C=O) groups excluding carboxylic acids is 2. The number of pyridine rings is 1. The van der Waals surface area contributed by atoms with E-state index in [2.05, 4.69) is 20.5 Å². The average Bonchev–Trinajstić information content (AvgIpc) is 3.29. The first kappa shape index (κ1) is 22.4. The summed E-state index contributed by atoms with van der Waals surface area (Å²) in [5, 5.41) is 10.7. The van der Waals surface area contributed by atoms with E-state index in [9.17, 15) is 14.0 Å². The standard InChI is InChI=1S/C23H25FN6O3/c1-4-33-23(32)29-9-8-15-11-18(24)17(10-16(15)12-29)22(31)27-20-7-5-6-19(26-20)21-28-25-13-30(21)14(2)3/h5-7,10-11,13-14H,4,8-9,12H2,1-3H3,(H,26,27,31). The number of hydrogen-bond acceptors (Lipinski definition) is 6. The quantitative estimate of drug-likeness (QED) is 0.631. The van der Waals surface area contributed by atoms with Crippen LogP contribution in [-0.2, 0) is 17.7 Å². The zero-order chi connectivity index (χ0) is 23.5. The minimum atomic E-state index is -0.626. The second-order valence-corrected chi connectivity index (χ2v) is 7.99. The van der Waals surface area contributed by atoms with Gasteiger partial charge >= 0.3 is 6.09 Å². The largest absolute Gasteiger partial charge is 0.450 e. The summed E-state index contributed by atoms with van der Waals surface area (Å²) >= 11 is 0. The summed E-state index contributed by atoms with van der Waals surface area (Å²) in [4.78, 5) is 30.9. The number of anilines is 1. The molecule has 3 heterocycles. The van der Waals surface area contributed by atoms with Gasteiger partial charge in [-0.05, 0) is 62.6 Å².